The van der Waals surface area contributed by atoms with Crippen molar-refractivity contribution in [2.75, 3.05) is 6.54 Å². The van der Waals surface area contributed by atoms with E-state index in [0.717, 1.165) is 11.1 Å². The number of amides is 5. The maximum absolute atomic E-state index is 14.9. The van der Waals surface area contributed by atoms with Gasteiger partial charge in [-0.2, -0.15) is 0 Å². The van der Waals surface area contributed by atoms with Crippen molar-refractivity contribution in [3.8, 4) is 5.75 Å². The molecular formula is C48H56FN5O9. The molecule has 0 aliphatic carbocycles. The SMILES string of the molecule is Cc1cc(O)cc(C)c1C[C@H](NC(=O)OC(C)(C)C)C(=O)N1Cc2ccccc2C[C@H]1C(=O)N[C@@H](Cc1ccccc1)C(=O)N[C@@H](CCCCNC(=O)c1ccc(F)cc1)C(=O)O. The van der Waals surface area contributed by atoms with Crippen molar-refractivity contribution >= 4 is 35.7 Å². The first-order chi connectivity index (χ1) is 29.9. The molecule has 4 aromatic carbocycles. The van der Waals surface area contributed by atoms with Gasteiger partial charge in [-0.05, 0) is 124 Å². The maximum Gasteiger partial charge on any atom is 0.408 e. The molecule has 0 saturated heterocycles. The number of phenolic OH excluding ortho intramolecular Hbond substituents is 1. The molecule has 5 amide bonds. The molecule has 1 heterocycles. The summed E-state index contributed by atoms with van der Waals surface area (Å²) in [5, 5.41) is 31.2. The number of aliphatic carboxylic acids is 1. The molecule has 0 saturated carbocycles. The van der Waals surface area contributed by atoms with E-state index in [-0.39, 0.29) is 50.1 Å². The fourth-order valence-electron chi connectivity index (χ4n) is 7.57. The van der Waals surface area contributed by atoms with Crippen LogP contribution in [0.25, 0.3) is 0 Å². The number of rotatable bonds is 17. The summed E-state index contributed by atoms with van der Waals surface area (Å²) < 4.78 is 18.8. The lowest BCUT2D eigenvalue weighted by Gasteiger charge is -2.39. The molecule has 6 N–H and O–H groups in total. The highest BCUT2D eigenvalue weighted by Gasteiger charge is 2.40. The van der Waals surface area contributed by atoms with Gasteiger partial charge in [0.25, 0.3) is 5.91 Å². The number of nitrogens with zero attached hydrogens (tertiary/aromatic N) is 1. The van der Waals surface area contributed by atoms with Crippen molar-refractivity contribution in [1.82, 2.24) is 26.2 Å². The smallest absolute Gasteiger partial charge is 0.408 e. The number of aromatic hydroxyl groups is 1. The number of alkyl carbamates (subject to hydrolysis) is 1. The Bertz CT molecular complexity index is 2260. The Labute approximate surface area is 366 Å². The van der Waals surface area contributed by atoms with Crippen LogP contribution in [0, 0.1) is 19.7 Å². The quantitative estimate of drug-likeness (QED) is 0.0748. The second-order valence-corrected chi connectivity index (χ2v) is 16.8. The summed E-state index contributed by atoms with van der Waals surface area (Å²) >= 11 is 0. The van der Waals surface area contributed by atoms with Gasteiger partial charge in [0.15, 0.2) is 0 Å². The summed E-state index contributed by atoms with van der Waals surface area (Å²) in [5.74, 6) is -4.10. The molecule has 0 bridgehead atoms. The molecule has 0 aromatic heterocycles. The number of halogens is 1. The highest BCUT2D eigenvalue weighted by atomic mass is 19.1. The molecule has 334 valence electrons. The zero-order valence-electron chi connectivity index (χ0n) is 36.2. The van der Waals surface area contributed by atoms with Crippen molar-refractivity contribution in [1.29, 1.82) is 0 Å². The average Bonchev–Trinajstić information content (AvgIpc) is 3.22. The first-order valence-corrected chi connectivity index (χ1v) is 21.0. The molecule has 0 unspecified atom stereocenters. The Hall–Kier alpha value is -6.77. The molecule has 14 nitrogen and oxygen atoms in total. The number of aryl methyl sites for hydroxylation is 2. The van der Waals surface area contributed by atoms with Crippen molar-refractivity contribution in [2.24, 2.45) is 0 Å². The summed E-state index contributed by atoms with van der Waals surface area (Å²) in [4.78, 5) is 83.0. The first-order valence-electron chi connectivity index (χ1n) is 21.0. The number of ether oxygens (including phenoxy) is 1. The number of carboxylic acids is 1. The maximum atomic E-state index is 14.9. The van der Waals surface area contributed by atoms with Gasteiger partial charge < -0.3 is 41.1 Å². The van der Waals surface area contributed by atoms with Crippen LogP contribution in [-0.2, 0) is 49.7 Å². The Kier molecular flexibility index (Phi) is 16.0. The predicted molar refractivity (Wildman–Crippen MR) is 233 cm³/mol. The van der Waals surface area contributed by atoms with E-state index in [9.17, 15) is 43.4 Å². The molecular weight excluding hydrogens is 810 g/mol. The Morgan fingerprint density at radius 1 is 0.794 bits per heavy atom. The van der Waals surface area contributed by atoms with E-state index in [1.807, 2.05) is 24.3 Å². The summed E-state index contributed by atoms with van der Waals surface area (Å²) in [6.45, 7) is 8.88. The number of carbonyl (C=O) groups is 6. The number of carboxylic acid groups (broad SMARTS) is 1. The van der Waals surface area contributed by atoms with Crippen LogP contribution in [0.5, 0.6) is 5.75 Å². The van der Waals surface area contributed by atoms with Crippen LogP contribution >= 0.6 is 0 Å². The number of benzene rings is 4. The average molecular weight is 866 g/mol. The number of hydrogen-bond acceptors (Lipinski definition) is 8. The molecule has 5 rings (SSSR count). The molecule has 0 fully saturated rings. The zero-order chi connectivity index (χ0) is 45.8. The third kappa shape index (κ3) is 13.6. The Morgan fingerprint density at radius 3 is 2.06 bits per heavy atom. The third-order valence-electron chi connectivity index (χ3n) is 10.8. The van der Waals surface area contributed by atoms with Gasteiger partial charge in [0, 0.05) is 37.9 Å². The fourth-order valence-corrected chi connectivity index (χ4v) is 7.57. The van der Waals surface area contributed by atoms with Crippen LogP contribution in [0.4, 0.5) is 9.18 Å². The van der Waals surface area contributed by atoms with Crippen molar-refractivity contribution in [2.45, 2.75) is 109 Å². The van der Waals surface area contributed by atoms with Gasteiger partial charge >= 0.3 is 12.1 Å². The third-order valence-corrected chi connectivity index (χ3v) is 10.8. The highest BCUT2D eigenvalue weighted by molar-refractivity contribution is 5.96. The standard InChI is InChI=1S/C48H56FN5O9/c1-29-23-36(55)24-30(2)37(29)27-40(53-47(62)63-48(3,4)5)45(59)54-28-34-16-10-9-15-33(34)26-41(54)44(58)52-39(25-31-13-7-6-8-14-31)43(57)51-38(46(60)61)17-11-12-22-50-42(56)32-18-20-35(49)21-19-32/h6-10,13-16,18-21,23-24,38-41,55H,11-12,17,22,25-28H2,1-5H3,(H,50,56)(H,51,57)(H,52,58)(H,53,62)(H,60,61)/t38-,39-,40-,41-/m0/s1. The fraction of sp³-hybridized carbons (Fsp3) is 0.375. The van der Waals surface area contributed by atoms with E-state index in [1.165, 1.54) is 29.2 Å². The van der Waals surface area contributed by atoms with E-state index < -0.39 is 71.3 Å². The minimum absolute atomic E-state index is 0.000344. The second-order valence-electron chi connectivity index (χ2n) is 16.8. The minimum atomic E-state index is -1.33. The number of carbonyl (C=O) groups excluding carboxylic acids is 5. The van der Waals surface area contributed by atoms with E-state index in [4.69, 9.17) is 4.74 Å². The molecule has 4 aromatic rings. The second kappa shape index (κ2) is 21.3. The van der Waals surface area contributed by atoms with Crippen molar-refractivity contribution in [3.05, 3.63) is 136 Å². The molecule has 1 aliphatic heterocycles. The summed E-state index contributed by atoms with van der Waals surface area (Å²) in [6, 6.07) is 19.5. The normalized spacial score (nSPS) is 14.9. The van der Waals surface area contributed by atoms with Gasteiger partial charge in [-0.1, -0.05) is 54.6 Å². The molecule has 1 aliphatic rings. The molecule has 0 spiro atoms. The van der Waals surface area contributed by atoms with Gasteiger partial charge in [0.05, 0.1) is 0 Å². The lowest BCUT2D eigenvalue weighted by atomic mass is 9.91. The van der Waals surface area contributed by atoms with Crippen molar-refractivity contribution < 1.29 is 48.1 Å². The van der Waals surface area contributed by atoms with Crippen LogP contribution in [-0.4, -0.2) is 87.1 Å². The molecule has 4 atom stereocenters. The van der Waals surface area contributed by atoms with Gasteiger partial charge in [0.2, 0.25) is 17.7 Å². The molecule has 0 radical (unpaired) electrons. The van der Waals surface area contributed by atoms with Crippen LogP contribution in [0.15, 0.2) is 91.0 Å². The van der Waals surface area contributed by atoms with Gasteiger partial charge in [-0.3, -0.25) is 19.2 Å². The van der Waals surface area contributed by atoms with E-state index in [1.54, 1.807) is 77.1 Å². The summed E-state index contributed by atoms with van der Waals surface area (Å²) in [6.07, 6.45) is -0.0167. The summed E-state index contributed by atoms with van der Waals surface area (Å²) in [7, 11) is 0. The number of unbranched alkanes of at least 4 members (excludes halogenated alkanes) is 1. The number of phenols is 1. The molecule has 15 heteroatoms. The van der Waals surface area contributed by atoms with E-state index in [0.29, 0.717) is 35.1 Å². The van der Waals surface area contributed by atoms with Gasteiger partial charge in [0.1, 0.15) is 41.3 Å². The number of hydrogen-bond donors (Lipinski definition) is 6. The number of fused-ring (bicyclic) bond motifs is 1. The van der Waals surface area contributed by atoms with E-state index >= 15 is 0 Å². The molecule has 63 heavy (non-hydrogen) atoms. The first kappa shape index (κ1) is 47.3. The lowest BCUT2D eigenvalue weighted by molar-refractivity contribution is -0.145. The van der Waals surface area contributed by atoms with Crippen LogP contribution in [0.2, 0.25) is 0 Å². The van der Waals surface area contributed by atoms with E-state index in [2.05, 4.69) is 21.3 Å². The summed E-state index contributed by atoms with van der Waals surface area (Å²) in [5.41, 5.74) is 3.78. The largest absolute Gasteiger partial charge is 0.508 e. The highest BCUT2D eigenvalue weighted by Crippen LogP contribution is 2.27. The topological polar surface area (TPSA) is 203 Å². The van der Waals surface area contributed by atoms with Crippen LogP contribution in [0.3, 0.4) is 0 Å². The predicted octanol–water partition coefficient (Wildman–Crippen LogP) is 5.43. The Morgan fingerprint density at radius 2 is 1.43 bits per heavy atom. The van der Waals surface area contributed by atoms with Gasteiger partial charge in [-0.15, -0.1) is 0 Å². The van der Waals surface area contributed by atoms with Crippen LogP contribution < -0.4 is 21.3 Å². The monoisotopic (exact) mass is 865 g/mol. The number of nitrogens with one attached hydrogen (secondary N) is 4. The minimum Gasteiger partial charge on any atom is -0.508 e. The Balaban J connectivity index is 1.37. The van der Waals surface area contributed by atoms with Crippen LogP contribution in [0.1, 0.15) is 83.8 Å². The zero-order valence-corrected chi connectivity index (χ0v) is 36.2. The lowest BCUT2D eigenvalue weighted by Crippen LogP contribution is -2.61. The van der Waals surface area contributed by atoms with Gasteiger partial charge in [-0.25, -0.2) is 14.0 Å². The van der Waals surface area contributed by atoms with Crippen molar-refractivity contribution in [3.63, 3.8) is 0 Å².